The van der Waals surface area contributed by atoms with Crippen LogP contribution in [0.4, 0.5) is 11.4 Å². The predicted molar refractivity (Wildman–Crippen MR) is 79.5 cm³/mol. The van der Waals surface area contributed by atoms with Crippen molar-refractivity contribution in [3.8, 4) is 0 Å². The van der Waals surface area contributed by atoms with Crippen molar-refractivity contribution in [2.75, 3.05) is 11.1 Å². The molecule has 5 heteroatoms. The predicted octanol–water partition coefficient (Wildman–Crippen LogP) is 3.03. The van der Waals surface area contributed by atoms with Crippen LogP contribution in [0.2, 0.25) is 0 Å². The lowest BCUT2D eigenvalue weighted by atomic mass is 10.1. The van der Waals surface area contributed by atoms with Gasteiger partial charge in [0.1, 0.15) is 5.76 Å². The van der Waals surface area contributed by atoms with Crippen molar-refractivity contribution in [1.82, 2.24) is 9.97 Å². The molecule has 0 atom stereocenters. The Balaban J connectivity index is 1.92. The third kappa shape index (κ3) is 2.18. The maximum Gasteiger partial charge on any atom is 0.213 e. The number of aromatic nitrogens is 2. The van der Waals surface area contributed by atoms with E-state index < -0.39 is 0 Å². The molecule has 3 aromatic rings. The Labute approximate surface area is 116 Å². The summed E-state index contributed by atoms with van der Waals surface area (Å²) in [6.45, 7) is 4.33. The van der Waals surface area contributed by atoms with Crippen LogP contribution in [0, 0.1) is 13.8 Å². The molecule has 0 amide bonds. The van der Waals surface area contributed by atoms with E-state index in [-0.39, 0.29) is 0 Å². The minimum atomic E-state index is 0.493. The number of nitrogen functional groups attached to an aromatic ring is 1. The Morgan fingerprint density at radius 1 is 1.25 bits per heavy atom. The Morgan fingerprint density at radius 3 is 2.80 bits per heavy atom. The fraction of sp³-hybridized carbons (Fsp3) is 0.200. The second-order valence-corrected chi connectivity index (χ2v) is 4.71. The molecule has 0 spiro atoms. The van der Waals surface area contributed by atoms with Gasteiger partial charge in [-0.05, 0) is 19.9 Å². The van der Waals surface area contributed by atoms with E-state index in [0.717, 1.165) is 28.0 Å². The maximum absolute atomic E-state index is 6.01. The summed E-state index contributed by atoms with van der Waals surface area (Å²) >= 11 is 0. The average Bonchev–Trinajstić information content (AvgIpc) is 2.77. The van der Waals surface area contributed by atoms with Crippen molar-refractivity contribution in [3.63, 3.8) is 0 Å². The van der Waals surface area contributed by atoms with Gasteiger partial charge in [0.15, 0.2) is 0 Å². The number of benzene rings is 1. The summed E-state index contributed by atoms with van der Waals surface area (Å²) in [7, 11) is 0. The molecule has 20 heavy (non-hydrogen) atoms. The van der Waals surface area contributed by atoms with Gasteiger partial charge in [0.2, 0.25) is 5.89 Å². The Kier molecular flexibility index (Phi) is 3.02. The van der Waals surface area contributed by atoms with Gasteiger partial charge in [0.25, 0.3) is 0 Å². The minimum Gasteiger partial charge on any atom is -0.444 e. The number of hydrogen-bond acceptors (Lipinski definition) is 5. The van der Waals surface area contributed by atoms with E-state index in [1.165, 1.54) is 0 Å². The summed E-state index contributed by atoms with van der Waals surface area (Å²) in [5.41, 5.74) is 9.31. The van der Waals surface area contributed by atoms with Crippen molar-refractivity contribution >= 4 is 22.3 Å². The molecule has 3 rings (SSSR count). The van der Waals surface area contributed by atoms with Crippen molar-refractivity contribution in [3.05, 3.63) is 47.8 Å². The van der Waals surface area contributed by atoms with Gasteiger partial charge in [-0.2, -0.15) is 0 Å². The number of anilines is 2. The molecule has 0 aliphatic heterocycles. The number of oxazole rings is 1. The zero-order chi connectivity index (χ0) is 14.1. The fourth-order valence-corrected chi connectivity index (χ4v) is 2.13. The lowest BCUT2D eigenvalue weighted by Gasteiger charge is -2.10. The van der Waals surface area contributed by atoms with Crippen LogP contribution < -0.4 is 11.1 Å². The number of rotatable bonds is 3. The van der Waals surface area contributed by atoms with Gasteiger partial charge in [0, 0.05) is 5.39 Å². The lowest BCUT2D eigenvalue weighted by Crippen LogP contribution is -2.04. The van der Waals surface area contributed by atoms with Crippen LogP contribution in [0.5, 0.6) is 0 Å². The Hall–Kier alpha value is -2.56. The molecule has 1 aromatic carbocycles. The van der Waals surface area contributed by atoms with Gasteiger partial charge in [-0.25, -0.2) is 4.98 Å². The highest BCUT2D eigenvalue weighted by Gasteiger charge is 2.09. The van der Waals surface area contributed by atoms with Gasteiger partial charge < -0.3 is 15.5 Å². The number of aryl methyl sites for hydroxylation is 2. The van der Waals surface area contributed by atoms with Gasteiger partial charge in [-0.1, -0.05) is 18.2 Å². The molecule has 0 saturated heterocycles. The maximum atomic E-state index is 6.01. The highest BCUT2D eigenvalue weighted by Crippen LogP contribution is 2.28. The molecular formula is C15H16N4O. The standard InChI is InChI=1S/C15H16N4O/c1-9-10(2)20-14(19-9)8-18-15-11-5-3-4-6-13(11)17-7-12(15)16/h3-7H,8,16H2,1-2H3,(H,17,18). The highest BCUT2D eigenvalue weighted by molar-refractivity contribution is 5.96. The zero-order valence-electron chi connectivity index (χ0n) is 11.5. The first-order valence-corrected chi connectivity index (χ1v) is 6.45. The number of fused-ring (bicyclic) bond motifs is 1. The van der Waals surface area contributed by atoms with Crippen molar-refractivity contribution in [2.45, 2.75) is 20.4 Å². The van der Waals surface area contributed by atoms with E-state index in [1.54, 1.807) is 6.20 Å². The number of nitrogens with zero attached hydrogens (tertiary/aromatic N) is 2. The average molecular weight is 268 g/mol. The summed E-state index contributed by atoms with van der Waals surface area (Å²) in [5, 5.41) is 4.28. The van der Waals surface area contributed by atoms with E-state index in [4.69, 9.17) is 10.2 Å². The van der Waals surface area contributed by atoms with Crippen LogP contribution in [0.3, 0.4) is 0 Å². The normalized spacial score (nSPS) is 10.9. The third-order valence-electron chi connectivity index (χ3n) is 3.29. The molecule has 2 aromatic heterocycles. The Morgan fingerprint density at radius 2 is 2.05 bits per heavy atom. The quantitative estimate of drug-likeness (QED) is 0.763. The Bertz CT molecular complexity index is 744. The van der Waals surface area contributed by atoms with Crippen LogP contribution in [0.1, 0.15) is 17.3 Å². The summed E-state index contributed by atoms with van der Waals surface area (Å²) in [4.78, 5) is 8.66. The van der Waals surface area contributed by atoms with E-state index in [9.17, 15) is 0 Å². The van der Waals surface area contributed by atoms with Crippen LogP contribution >= 0.6 is 0 Å². The topological polar surface area (TPSA) is 77.0 Å². The molecule has 0 saturated carbocycles. The van der Waals surface area contributed by atoms with E-state index >= 15 is 0 Å². The van der Waals surface area contributed by atoms with E-state index in [0.29, 0.717) is 18.1 Å². The molecule has 0 fully saturated rings. The van der Waals surface area contributed by atoms with Crippen molar-refractivity contribution in [2.24, 2.45) is 0 Å². The van der Waals surface area contributed by atoms with Crippen LogP contribution in [0.15, 0.2) is 34.9 Å². The lowest BCUT2D eigenvalue weighted by molar-refractivity contribution is 0.478. The summed E-state index contributed by atoms with van der Waals surface area (Å²) in [6.07, 6.45) is 1.66. The largest absolute Gasteiger partial charge is 0.444 e. The third-order valence-corrected chi connectivity index (χ3v) is 3.29. The zero-order valence-corrected chi connectivity index (χ0v) is 11.5. The molecule has 0 aliphatic rings. The van der Waals surface area contributed by atoms with E-state index in [2.05, 4.69) is 15.3 Å². The highest BCUT2D eigenvalue weighted by atomic mass is 16.4. The summed E-state index contributed by atoms with van der Waals surface area (Å²) in [5.74, 6) is 1.50. The van der Waals surface area contributed by atoms with Gasteiger partial charge in [-0.15, -0.1) is 0 Å². The molecule has 5 nitrogen and oxygen atoms in total. The molecule has 0 radical (unpaired) electrons. The number of para-hydroxylation sites is 1. The van der Waals surface area contributed by atoms with Crippen LogP contribution in [-0.4, -0.2) is 9.97 Å². The minimum absolute atomic E-state index is 0.493. The van der Waals surface area contributed by atoms with Crippen molar-refractivity contribution < 1.29 is 4.42 Å². The molecule has 2 heterocycles. The first-order valence-electron chi connectivity index (χ1n) is 6.45. The molecule has 3 N–H and O–H groups in total. The molecule has 0 unspecified atom stereocenters. The van der Waals surface area contributed by atoms with Crippen LogP contribution in [-0.2, 0) is 6.54 Å². The molecule has 102 valence electrons. The second kappa shape index (κ2) is 4.85. The van der Waals surface area contributed by atoms with Crippen LogP contribution in [0.25, 0.3) is 10.9 Å². The molecular weight excluding hydrogens is 252 g/mol. The van der Waals surface area contributed by atoms with E-state index in [1.807, 2.05) is 38.1 Å². The monoisotopic (exact) mass is 268 g/mol. The van der Waals surface area contributed by atoms with Gasteiger partial charge in [0.05, 0.1) is 35.3 Å². The van der Waals surface area contributed by atoms with Crippen molar-refractivity contribution in [1.29, 1.82) is 0 Å². The summed E-state index contributed by atoms with van der Waals surface area (Å²) < 4.78 is 5.56. The molecule has 0 bridgehead atoms. The number of pyridine rings is 1. The fourth-order valence-electron chi connectivity index (χ4n) is 2.13. The number of nitrogens with one attached hydrogen (secondary N) is 1. The number of hydrogen-bond donors (Lipinski definition) is 2. The van der Waals surface area contributed by atoms with Gasteiger partial charge in [-0.3, -0.25) is 4.98 Å². The molecule has 0 aliphatic carbocycles. The second-order valence-electron chi connectivity index (χ2n) is 4.71. The number of nitrogens with two attached hydrogens (primary N) is 1. The first kappa shape index (κ1) is 12.5. The first-order chi connectivity index (χ1) is 9.65. The SMILES string of the molecule is Cc1nc(CNc2c(N)cnc3ccccc23)oc1C. The van der Waals surface area contributed by atoms with Gasteiger partial charge >= 0.3 is 0 Å². The summed E-state index contributed by atoms with van der Waals surface area (Å²) in [6, 6.07) is 7.87. The smallest absolute Gasteiger partial charge is 0.213 e.